The zero-order valence-corrected chi connectivity index (χ0v) is 19.5. The van der Waals surface area contributed by atoms with E-state index in [1.807, 2.05) is 84.9 Å². The van der Waals surface area contributed by atoms with Gasteiger partial charge in [0.25, 0.3) is 0 Å². The third kappa shape index (κ3) is 6.13. The van der Waals surface area contributed by atoms with Gasteiger partial charge in [0.1, 0.15) is 12.4 Å². The number of rotatable bonds is 8. The van der Waals surface area contributed by atoms with Crippen molar-refractivity contribution < 1.29 is 14.1 Å². The molecular weight excluding hydrogens is 440 g/mol. The Hall–Kier alpha value is -3.97. The summed E-state index contributed by atoms with van der Waals surface area (Å²) in [6.45, 7) is 2.74. The number of hydrogen-bond donors (Lipinski definition) is 1. The summed E-state index contributed by atoms with van der Waals surface area (Å²) in [5, 5.41) is 7.13. The average Bonchev–Trinajstić information content (AvgIpc) is 3.38. The van der Waals surface area contributed by atoms with Gasteiger partial charge in [0, 0.05) is 17.2 Å². The van der Waals surface area contributed by atoms with E-state index in [1.54, 1.807) is 0 Å². The molecule has 7 heteroatoms. The van der Waals surface area contributed by atoms with Crippen molar-refractivity contribution in [1.82, 2.24) is 15.0 Å². The molecular formula is C28H28N4O3. The van der Waals surface area contributed by atoms with Crippen molar-refractivity contribution in [2.45, 2.75) is 26.0 Å². The Morgan fingerprint density at radius 1 is 0.943 bits per heavy atom. The molecule has 1 saturated heterocycles. The van der Waals surface area contributed by atoms with Crippen LogP contribution in [0.2, 0.25) is 0 Å². The molecule has 0 atom stereocenters. The molecule has 0 bridgehead atoms. The highest BCUT2D eigenvalue weighted by Gasteiger charge is 2.26. The van der Waals surface area contributed by atoms with E-state index < -0.39 is 0 Å². The van der Waals surface area contributed by atoms with Crippen molar-refractivity contribution >= 4 is 11.6 Å². The van der Waals surface area contributed by atoms with Crippen LogP contribution in [-0.2, 0) is 17.9 Å². The maximum atomic E-state index is 12.8. The zero-order valence-electron chi connectivity index (χ0n) is 19.5. The standard InChI is InChI=1S/C28H28N4O3/c33-28(29-24-11-13-25(14-12-24)34-20-21-7-3-1-4-8-21)23-15-17-32(18-16-23)19-26-30-27(31-35-26)22-9-5-2-6-10-22/h1-14,23H,15-20H2,(H,29,33). The minimum Gasteiger partial charge on any atom is -0.489 e. The summed E-state index contributed by atoms with van der Waals surface area (Å²) in [5.41, 5.74) is 2.84. The van der Waals surface area contributed by atoms with E-state index in [-0.39, 0.29) is 11.8 Å². The lowest BCUT2D eigenvalue weighted by Gasteiger charge is -2.30. The summed E-state index contributed by atoms with van der Waals surface area (Å²) in [6, 6.07) is 27.4. The van der Waals surface area contributed by atoms with E-state index >= 15 is 0 Å². The average molecular weight is 469 g/mol. The van der Waals surface area contributed by atoms with E-state index in [0.29, 0.717) is 24.9 Å². The number of piperidine rings is 1. The Kier molecular flexibility index (Phi) is 7.15. The molecule has 1 aliphatic heterocycles. The number of carbonyl (C=O) groups is 1. The summed E-state index contributed by atoms with van der Waals surface area (Å²) in [6.07, 6.45) is 1.59. The normalized spacial score (nSPS) is 14.5. The topological polar surface area (TPSA) is 80.5 Å². The molecule has 1 N–H and O–H groups in total. The highest BCUT2D eigenvalue weighted by atomic mass is 16.5. The van der Waals surface area contributed by atoms with Crippen molar-refractivity contribution in [2.24, 2.45) is 5.92 Å². The Labute approximate surface area is 204 Å². The van der Waals surface area contributed by atoms with Crippen molar-refractivity contribution in [2.75, 3.05) is 18.4 Å². The van der Waals surface area contributed by atoms with Crippen LogP contribution in [0.4, 0.5) is 5.69 Å². The maximum absolute atomic E-state index is 12.8. The van der Waals surface area contributed by atoms with Gasteiger partial charge in [0.15, 0.2) is 0 Å². The highest BCUT2D eigenvalue weighted by Crippen LogP contribution is 2.23. The van der Waals surface area contributed by atoms with Gasteiger partial charge in [-0.05, 0) is 55.8 Å². The van der Waals surface area contributed by atoms with Gasteiger partial charge in [-0.25, -0.2) is 0 Å². The largest absolute Gasteiger partial charge is 0.489 e. The van der Waals surface area contributed by atoms with Gasteiger partial charge in [-0.2, -0.15) is 4.98 Å². The second-order valence-electron chi connectivity index (χ2n) is 8.72. The summed E-state index contributed by atoms with van der Waals surface area (Å²) in [7, 11) is 0. The monoisotopic (exact) mass is 468 g/mol. The lowest BCUT2D eigenvalue weighted by atomic mass is 9.96. The van der Waals surface area contributed by atoms with Crippen LogP contribution in [-0.4, -0.2) is 34.0 Å². The van der Waals surface area contributed by atoms with Gasteiger partial charge in [-0.1, -0.05) is 65.8 Å². The van der Waals surface area contributed by atoms with Crippen molar-refractivity contribution in [1.29, 1.82) is 0 Å². The lowest BCUT2D eigenvalue weighted by Crippen LogP contribution is -2.37. The fourth-order valence-electron chi connectivity index (χ4n) is 4.19. The fraction of sp³-hybridized carbons (Fsp3) is 0.250. The number of likely N-dealkylation sites (tertiary alicyclic amines) is 1. The quantitative estimate of drug-likeness (QED) is 0.384. The van der Waals surface area contributed by atoms with Crippen LogP contribution in [0.1, 0.15) is 24.3 Å². The summed E-state index contributed by atoms with van der Waals surface area (Å²) < 4.78 is 11.3. The number of ether oxygens (including phenoxy) is 1. The molecule has 178 valence electrons. The SMILES string of the molecule is O=C(Nc1ccc(OCc2ccccc2)cc1)C1CCN(Cc2nc(-c3ccccc3)no2)CC1. The van der Waals surface area contributed by atoms with Crippen LogP contribution in [0.15, 0.2) is 89.5 Å². The number of nitrogens with one attached hydrogen (secondary N) is 1. The molecule has 7 nitrogen and oxygen atoms in total. The van der Waals surface area contributed by atoms with Crippen LogP contribution in [0.5, 0.6) is 5.75 Å². The minimum atomic E-state index is -0.0113. The molecule has 2 heterocycles. The number of aromatic nitrogens is 2. The Morgan fingerprint density at radius 3 is 2.34 bits per heavy atom. The highest BCUT2D eigenvalue weighted by molar-refractivity contribution is 5.92. The number of hydrogen-bond acceptors (Lipinski definition) is 6. The molecule has 35 heavy (non-hydrogen) atoms. The first-order valence-corrected chi connectivity index (χ1v) is 11.9. The molecule has 1 fully saturated rings. The Morgan fingerprint density at radius 2 is 1.63 bits per heavy atom. The number of nitrogens with zero attached hydrogens (tertiary/aromatic N) is 3. The molecule has 5 rings (SSSR count). The Bertz CT molecular complexity index is 1220. The molecule has 4 aromatic rings. The van der Waals surface area contributed by atoms with Crippen LogP contribution in [0.25, 0.3) is 11.4 Å². The summed E-state index contributed by atoms with van der Waals surface area (Å²) in [5.74, 6) is 2.03. The summed E-state index contributed by atoms with van der Waals surface area (Å²) >= 11 is 0. The molecule has 0 saturated carbocycles. The molecule has 1 aliphatic rings. The van der Waals surface area contributed by atoms with E-state index in [9.17, 15) is 4.79 Å². The molecule has 0 radical (unpaired) electrons. The predicted molar refractivity (Wildman–Crippen MR) is 134 cm³/mol. The van der Waals surface area contributed by atoms with Crippen LogP contribution in [0.3, 0.4) is 0 Å². The van der Waals surface area contributed by atoms with Gasteiger partial charge in [0.2, 0.25) is 17.6 Å². The number of benzene rings is 3. The van der Waals surface area contributed by atoms with E-state index in [2.05, 4.69) is 20.4 Å². The van der Waals surface area contributed by atoms with Crippen LogP contribution < -0.4 is 10.1 Å². The van der Waals surface area contributed by atoms with E-state index in [1.165, 1.54) is 0 Å². The number of anilines is 1. The van der Waals surface area contributed by atoms with E-state index in [0.717, 1.165) is 48.5 Å². The molecule has 0 unspecified atom stereocenters. The first kappa shape index (κ1) is 22.8. The molecule has 1 amide bonds. The van der Waals surface area contributed by atoms with E-state index in [4.69, 9.17) is 9.26 Å². The van der Waals surface area contributed by atoms with Crippen LogP contribution in [0, 0.1) is 5.92 Å². The smallest absolute Gasteiger partial charge is 0.241 e. The molecule has 0 aliphatic carbocycles. The first-order valence-electron chi connectivity index (χ1n) is 11.9. The summed E-state index contributed by atoms with van der Waals surface area (Å²) in [4.78, 5) is 19.6. The van der Waals surface area contributed by atoms with Gasteiger partial charge in [0.05, 0.1) is 6.54 Å². The molecule has 3 aromatic carbocycles. The van der Waals surface area contributed by atoms with Gasteiger partial charge >= 0.3 is 0 Å². The van der Waals surface area contributed by atoms with Gasteiger partial charge in [-0.15, -0.1) is 0 Å². The third-order valence-corrected chi connectivity index (χ3v) is 6.19. The second kappa shape index (κ2) is 11.0. The third-order valence-electron chi connectivity index (χ3n) is 6.19. The first-order chi connectivity index (χ1) is 17.2. The van der Waals surface area contributed by atoms with Gasteiger partial charge < -0.3 is 14.6 Å². The Balaban J connectivity index is 1.07. The van der Waals surface area contributed by atoms with Gasteiger partial charge in [-0.3, -0.25) is 9.69 Å². The molecule has 1 aromatic heterocycles. The maximum Gasteiger partial charge on any atom is 0.241 e. The second-order valence-corrected chi connectivity index (χ2v) is 8.72. The minimum absolute atomic E-state index is 0.0113. The molecule has 0 spiro atoms. The van der Waals surface area contributed by atoms with Crippen molar-refractivity contribution in [3.63, 3.8) is 0 Å². The fourth-order valence-corrected chi connectivity index (χ4v) is 4.19. The zero-order chi connectivity index (χ0) is 23.9. The predicted octanol–water partition coefficient (Wildman–Crippen LogP) is 5.17. The van der Waals surface area contributed by atoms with Crippen molar-refractivity contribution in [3.05, 3.63) is 96.4 Å². The van der Waals surface area contributed by atoms with Crippen molar-refractivity contribution in [3.8, 4) is 17.1 Å². The lowest BCUT2D eigenvalue weighted by molar-refractivity contribution is -0.121. The number of carbonyl (C=O) groups excluding carboxylic acids is 1. The number of amides is 1. The van der Waals surface area contributed by atoms with Crippen LogP contribution >= 0.6 is 0 Å².